The van der Waals surface area contributed by atoms with Crippen LogP contribution in [0.15, 0.2) is 29.8 Å². The van der Waals surface area contributed by atoms with Gasteiger partial charge < -0.3 is 14.5 Å². The number of morpholine rings is 1. The summed E-state index contributed by atoms with van der Waals surface area (Å²) >= 11 is 0. The maximum Gasteiger partial charge on any atom is 0.264 e. The Balaban J connectivity index is 2.16. The quantitative estimate of drug-likeness (QED) is 0.624. The summed E-state index contributed by atoms with van der Waals surface area (Å²) in [6, 6.07) is 9.72. The summed E-state index contributed by atoms with van der Waals surface area (Å²) in [4.78, 5) is 15.9. The molecule has 0 saturated carbocycles. The Morgan fingerprint density at radius 3 is 2.43 bits per heavy atom. The van der Waals surface area contributed by atoms with Gasteiger partial charge in [-0.1, -0.05) is 12.1 Å². The third-order valence-electron chi connectivity index (χ3n) is 3.37. The van der Waals surface area contributed by atoms with Crippen LogP contribution in [0.1, 0.15) is 5.56 Å². The molecule has 0 bridgehead atoms. The molecule has 0 N–H and O–H groups in total. The Bertz CT molecular complexity index is 564. The molecule has 0 atom stereocenters. The molecule has 5 nitrogen and oxygen atoms in total. The van der Waals surface area contributed by atoms with Crippen LogP contribution < -0.4 is 4.90 Å². The van der Waals surface area contributed by atoms with Crippen molar-refractivity contribution in [1.29, 1.82) is 5.26 Å². The minimum absolute atomic E-state index is 0.162. The van der Waals surface area contributed by atoms with Gasteiger partial charge in [0.2, 0.25) is 0 Å². The number of carbonyl (C=O) groups is 1. The van der Waals surface area contributed by atoms with Crippen molar-refractivity contribution in [3.8, 4) is 6.07 Å². The minimum atomic E-state index is -0.225. The highest BCUT2D eigenvalue weighted by Crippen LogP contribution is 2.15. The second-order valence-corrected chi connectivity index (χ2v) is 5.06. The number of nitrogens with zero attached hydrogens (tertiary/aromatic N) is 3. The molecule has 1 aromatic rings. The lowest BCUT2D eigenvalue weighted by molar-refractivity contribution is -0.130. The predicted molar refractivity (Wildman–Crippen MR) is 81.8 cm³/mol. The first-order valence-electron chi connectivity index (χ1n) is 6.88. The van der Waals surface area contributed by atoms with Crippen molar-refractivity contribution in [3.05, 3.63) is 35.4 Å². The number of hydrogen-bond acceptors (Lipinski definition) is 4. The summed E-state index contributed by atoms with van der Waals surface area (Å²) in [5.74, 6) is -0.225. The van der Waals surface area contributed by atoms with Gasteiger partial charge in [0.05, 0.1) is 13.2 Å². The molecule has 1 amide bonds. The zero-order valence-corrected chi connectivity index (χ0v) is 12.4. The standard InChI is InChI=1S/C16H19N3O2/c1-18(2)15-5-3-13(4-6-15)11-14(12-17)16(20)19-7-9-21-10-8-19/h3-6,11H,7-10H2,1-2H3. The molecular formula is C16H19N3O2. The topological polar surface area (TPSA) is 56.6 Å². The number of nitriles is 1. The molecule has 0 aromatic heterocycles. The fourth-order valence-electron chi connectivity index (χ4n) is 2.11. The Hall–Kier alpha value is -2.32. The monoisotopic (exact) mass is 285 g/mol. The van der Waals surface area contributed by atoms with Gasteiger partial charge in [0.25, 0.3) is 5.91 Å². The maximum atomic E-state index is 12.3. The first kappa shape index (κ1) is 15.1. The van der Waals surface area contributed by atoms with E-state index in [4.69, 9.17) is 4.74 Å². The van der Waals surface area contributed by atoms with Gasteiger partial charge in [0, 0.05) is 32.9 Å². The van der Waals surface area contributed by atoms with Crippen molar-refractivity contribution < 1.29 is 9.53 Å². The Kier molecular flexibility index (Phi) is 4.96. The number of rotatable bonds is 3. The Morgan fingerprint density at radius 2 is 1.90 bits per heavy atom. The molecule has 1 aliphatic heterocycles. The normalized spacial score (nSPS) is 15.5. The number of amides is 1. The van der Waals surface area contributed by atoms with E-state index in [1.54, 1.807) is 11.0 Å². The van der Waals surface area contributed by atoms with E-state index in [0.717, 1.165) is 11.3 Å². The van der Waals surface area contributed by atoms with Crippen molar-refractivity contribution in [1.82, 2.24) is 4.90 Å². The van der Waals surface area contributed by atoms with E-state index in [1.807, 2.05) is 49.3 Å². The van der Waals surface area contributed by atoms with Crippen molar-refractivity contribution in [2.24, 2.45) is 0 Å². The van der Waals surface area contributed by atoms with Crippen molar-refractivity contribution in [2.75, 3.05) is 45.3 Å². The molecule has 1 fully saturated rings. The lowest BCUT2D eigenvalue weighted by Crippen LogP contribution is -2.41. The van der Waals surface area contributed by atoms with Crippen molar-refractivity contribution in [3.63, 3.8) is 0 Å². The van der Waals surface area contributed by atoms with Crippen LogP contribution in [0.4, 0.5) is 5.69 Å². The van der Waals surface area contributed by atoms with E-state index in [1.165, 1.54) is 0 Å². The molecule has 0 aliphatic carbocycles. The molecule has 0 unspecified atom stereocenters. The molecular weight excluding hydrogens is 266 g/mol. The summed E-state index contributed by atoms with van der Waals surface area (Å²) in [5.41, 5.74) is 2.08. The van der Waals surface area contributed by atoms with Gasteiger partial charge in [-0.3, -0.25) is 4.79 Å². The zero-order chi connectivity index (χ0) is 15.2. The van der Waals surface area contributed by atoms with Crippen LogP contribution in [0, 0.1) is 11.3 Å². The van der Waals surface area contributed by atoms with Gasteiger partial charge in [-0.25, -0.2) is 0 Å². The van der Waals surface area contributed by atoms with Crippen molar-refractivity contribution >= 4 is 17.7 Å². The van der Waals surface area contributed by atoms with E-state index in [-0.39, 0.29) is 11.5 Å². The SMILES string of the molecule is CN(C)c1ccc(C=C(C#N)C(=O)N2CCOCC2)cc1. The minimum Gasteiger partial charge on any atom is -0.378 e. The molecule has 21 heavy (non-hydrogen) atoms. The van der Waals surface area contributed by atoms with E-state index in [9.17, 15) is 10.1 Å². The number of benzene rings is 1. The van der Waals surface area contributed by atoms with Crippen LogP contribution in [0.3, 0.4) is 0 Å². The summed E-state index contributed by atoms with van der Waals surface area (Å²) in [5, 5.41) is 9.23. The molecule has 1 saturated heterocycles. The van der Waals surface area contributed by atoms with Crippen LogP contribution in [0.25, 0.3) is 6.08 Å². The fraction of sp³-hybridized carbons (Fsp3) is 0.375. The number of carbonyl (C=O) groups excluding carboxylic acids is 1. The fourth-order valence-corrected chi connectivity index (χ4v) is 2.11. The van der Waals surface area contributed by atoms with Gasteiger partial charge >= 0.3 is 0 Å². The highest BCUT2D eigenvalue weighted by atomic mass is 16.5. The van der Waals surface area contributed by atoms with Crippen LogP contribution in [0.5, 0.6) is 0 Å². The third-order valence-corrected chi connectivity index (χ3v) is 3.37. The summed E-state index contributed by atoms with van der Waals surface area (Å²) in [7, 11) is 3.93. The van der Waals surface area contributed by atoms with Gasteiger partial charge in [-0.15, -0.1) is 0 Å². The van der Waals surface area contributed by atoms with Gasteiger partial charge in [-0.05, 0) is 23.8 Å². The third kappa shape index (κ3) is 3.83. The smallest absolute Gasteiger partial charge is 0.264 e. The molecule has 0 radical (unpaired) electrons. The van der Waals surface area contributed by atoms with Crippen LogP contribution >= 0.6 is 0 Å². The lowest BCUT2D eigenvalue weighted by Gasteiger charge is -2.26. The highest BCUT2D eigenvalue weighted by molar-refractivity contribution is 6.01. The summed E-state index contributed by atoms with van der Waals surface area (Å²) in [6.07, 6.45) is 1.64. The molecule has 5 heteroatoms. The molecule has 1 aromatic carbocycles. The van der Waals surface area contributed by atoms with Crippen LogP contribution in [-0.2, 0) is 9.53 Å². The average Bonchev–Trinajstić information content (AvgIpc) is 2.53. The van der Waals surface area contributed by atoms with E-state index in [0.29, 0.717) is 26.3 Å². The van der Waals surface area contributed by atoms with Gasteiger partial charge in [0.1, 0.15) is 11.6 Å². The molecule has 0 spiro atoms. The number of hydrogen-bond donors (Lipinski definition) is 0. The van der Waals surface area contributed by atoms with Crippen LogP contribution in [-0.4, -0.2) is 51.2 Å². The molecule has 1 heterocycles. The largest absolute Gasteiger partial charge is 0.378 e. The Morgan fingerprint density at radius 1 is 1.29 bits per heavy atom. The lowest BCUT2D eigenvalue weighted by atomic mass is 10.1. The Labute approximate surface area is 125 Å². The van der Waals surface area contributed by atoms with E-state index in [2.05, 4.69) is 0 Å². The van der Waals surface area contributed by atoms with Crippen LogP contribution in [0.2, 0.25) is 0 Å². The highest BCUT2D eigenvalue weighted by Gasteiger charge is 2.20. The zero-order valence-electron chi connectivity index (χ0n) is 12.4. The van der Waals surface area contributed by atoms with Gasteiger partial charge in [0.15, 0.2) is 0 Å². The van der Waals surface area contributed by atoms with Gasteiger partial charge in [-0.2, -0.15) is 5.26 Å². The first-order chi connectivity index (χ1) is 10.1. The molecule has 110 valence electrons. The summed E-state index contributed by atoms with van der Waals surface area (Å²) < 4.78 is 5.22. The van der Waals surface area contributed by atoms with Crippen molar-refractivity contribution in [2.45, 2.75) is 0 Å². The van der Waals surface area contributed by atoms with E-state index < -0.39 is 0 Å². The first-order valence-corrected chi connectivity index (χ1v) is 6.88. The second-order valence-electron chi connectivity index (χ2n) is 5.06. The average molecular weight is 285 g/mol. The number of ether oxygens (including phenoxy) is 1. The number of anilines is 1. The molecule has 1 aliphatic rings. The predicted octanol–water partition coefficient (Wildman–Crippen LogP) is 1.52. The van der Waals surface area contributed by atoms with E-state index >= 15 is 0 Å². The maximum absolute atomic E-state index is 12.3. The summed E-state index contributed by atoms with van der Waals surface area (Å²) in [6.45, 7) is 2.14. The second kappa shape index (κ2) is 6.91. The molecule has 2 rings (SSSR count).